The quantitative estimate of drug-likeness (QED) is 0.867. The molecule has 142 valence electrons. The Morgan fingerprint density at radius 2 is 2.07 bits per heavy atom. The maximum absolute atomic E-state index is 13.6. The summed E-state index contributed by atoms with van der Waals surface area (Å²) in [4.78, 5) is 16.9. The summed E-state index contributed by atoms with van der Waals surface area (Å²) in [5, 5.41) is 17.1. The van der Waals surface area contributed by atoms with E-state index in [1.54, 1.807) is 12.4 Å². The minimum absolute atomic E-state index is 0.0431. The van der Waals surface area contributed by atoms with Crippen molar-refractivity contribution in [3.05, 3.63) is 42.2 Å². The number of hydrogen-bond acceptors (Lipinski definition) is 4. The molecule has 6 rings (SSSR count). The Balaban J connectivity index is 1.36. The smallest absolute Gasteiger partial charge is 0.224 e. The van der Waals surface area contributed by atoms with Crippen molar-refractivity contribution in [2.45, 2.75) is 56.0 Å². The van der Waals surface area contributed by atoms with Crippen molar-refractivity contribution >= 4 is 5.91 Å². The van der Waals surface area contributed by atoms with Gasteiger partial charge >= 0.3 is 0 Å². The highest BCUT2D eigenvalue weighted by atomic mass is 19.1. The Bertz CT molecular complexity index is 868. The van der Waals surface area contributed by atoms with Gasteiger partial charge in [0.15, 0.2) is 11.6 Å². The number of hydrogen-bond donors (Lipinski definition) is 2. The summed E-state index contributed by atoms with van der Waals surface area (Å²) in [5.41, 5.74) is 0.319. The van der Waals surface area contributed by atoms with Gasteiger partial charge in [-0.05, 0) is 68.1 Å². The van der Waals surface area contributed by atoms with Gasteiger partial charge in [0.2, 0.25) is 5.91 Å². The lowest BCUT2D eigenvalue weighted by Crippen LogP contribution is -2.66. The number of aromatic hydroxyl groups is 1. The fourth-order valence-electron chi connectivity index (χ4n) is 6.27. The van der Waals surface area contributed by atoms with Crippen LogP contribution in [0, 0.1) is 17.7 Å². The summed E-state index contributed by atoms with van der Waals surface area (Å²) < 4.78 is 15.6. The molecule has 4 aliphatic rings. The summed E-state index contributed by atoms with van der Waals surface area (Å²) in [7, 11) is 0. The molecule has 7 heteroatoms. The topological polar surface area (TPSA) is 80.0 Å². The third-order valence-electron chi connectivity index (χ3n) is 6.72. The van der Waals surface area contributed by atoms with Crippen molar-refractivity contribution in [2.75, 3.05) is 0 Å². The van der Waals surface area contributed by atoms with Gasteiger partial charge in [-0.2, -0.15) is 5.10 Å². The average molecular weight is 370 g/mol. The molecule has 4 aliphatic carbocycles. The normalized spacial score (nSPS) is 34.0. The number of nitrogens with one attached hydrogen (secondary N) is 1. The van der Waals surface area contributed by atoms with Crippen LogP contribution in [0.1, 0.15) is 44.1 Å². The summed E-state index contributed by atoms with van der Waals surface area (Å²) >= 11 is 0. The van der Waals surface area contributed by atoms with Crippen molar-refractivity contribution in [3.63, 3.8) is 0 Å². The molecular weight excluding hydrogens is 347 g/mol. The molecule has 2 N–H and O–H groups in total. The third kappa shape index (κ3) is 2.80. The van der Waals surface area contributed by atoms with E-state index < -0.39 is 11.6 Å². The van der Waals surface area contributed by atoms with Crippen LogP contribution in [-0.2, 0) is 16.8 Å². The molecule has 1 aromatic carbocycles. The zero-order valence-corrected chi connectivity index (χ0v) is 15.1. The maximum Gasteiger partial charge on any atom is 0.224 e. The highest BCUT2D eigenvalue weighted by Gasteiger charge is 2.59. The van der Waals surface area contributed by atoms with Crippen molar-refractivity contribution in [3.8, 4) is 5.75 Å². The summed E-state index contributed by atoms with van der Waals surface area (Å²) in [5.74, 6) is 0.0229. The second-order valence-electron chi connectivity index (χ2n) is 8.82. The Kier molecular flexibility index (Phi) is 3.58. The van der Waals surface area contributed by atoms with E-state index in [0.717, 1.165) is 32.1 Å². The monoisotopic (exact) mass is 370 g/mol. The zero-order valence-electron chi connectivity index (χ0n) is 15.1. The molecule has 0 radical (unpaired) electrons. The van der Waals surface area contributed by atoms with Crippen LogP contribution in [0.5, 0.6) is 5.75 Å². The minimum Gasteiger partial charge on any atom is -0.505 e. The largest absolute Gasteiger partial charge is 0.505 e. The predicted octanol–water partition coefficient (Wildman–Crippen LogP) is 2.53. The van der Waals surface area contributed by atoms with Crippen LogP contribution in [0.4, 0.5) is 4.39 Å². The SMILES string of the molecule is O=C(Cc1ccc(O)c(F)c1)NC12CC3CC(C1)CC(n1cncn1)(C3)C2. The Hall–Kier alpha value is -2.44. The van der Waals surface area contributed by atoms with Crippen LogP contribution in [0.15, 0.2) is 30.9 Å². The highest BCUT2D eigenvalue weighted by molar-refractivity contribution is 5.79. The zero-order chi connectivity index (χ0) is 18.6. The molecule has 1 aromatic heterocycles. The maximum atomic E-state index is 13.6. The van der Waals surface area contributed by atoms with Crippen molar-refractivity contribution in [1.29, 1.82) is 0 Å². The number of carbonyl (C=O) groups is 1. The standard InChI is InChI=1S/C20H23FN4O2/c21-16-4-13(1-2-17(16)26)5-18(27)24-19-6-14-3-15(7-19)9-20(8-14,10-19)25-12-22-11-23-25/h1-2,4,11-12,14-15,26H,3,5-10H2,(H,24,27). The van der Waals surface area contributed by atoms with E-state index in [2.05, 4.69) is 15.4 Å². The number of phenols is 1. The molecule has 1 amide bonds. The van der Waals surface area contributed by atoms with Gasteiger partial charge in [0.25, 0.3) is 0 Å². The first-order chi connectivity index (χ1) is 13.0. The van der Waals surface area contributed by atoms with E-state index in [9.17, 15) is 14.3 Å². The lowest BCUT2D eigenvalue weighted by Gasteiger charge is -2.61. The van der Waals surface area contributed by atoms with Gasteiger partial charge < -0.3 is 10.4 Å². The van der Waals surface area contributed by atoms with Crippen LogP contribution in [0.25, 0.3) is 0 Å². The molecule has 0 saturated heterocycles. The predicted molar refractivity (Wildman–Crippen MR) is 95.3 cm³/mol. The number of phenolic OH excluding ortho intramolecular Hbond substituents is 1. The summed E-state index contributed by atoms with van der Waals surface area (Å²) in [6, 6.07) is 4.11. The van der Waals surface area contributed by atoms with Gasteiger partial charge in [-0.25, -0.2) is 14.1 Å². The second kappa shape index (κ2) is 5.78. The Morgan fingerprint density at radius 3 is 2.74 bits per heavy atom. The molecular formula is C20H23FN4O2. The molecule has 6 nitrogen and oxygen atoms in total. The summed E-state index contributed by atoms with van der Waals surface area (Å²) in [6.45, 7) is 0. The molecule has 0 spiro atoms. The fourth-order valence-corrected chi connectivity index (χ4v) is 6.27. The van der Waals surface area contributed by atoms with Gasteiger partial charge in [0, 0.05) is 5.54 Å². The molecule has 2 aromatic rings. The van der Waals surface area contributed by atoms with Gasteiger partial charge in [-0.15, -0.1) is 0 Å². The number of halogens is 1. The first-order valence-electron chi connectivity index (χ1n) is 9.59. The Labute approximate surface area is 156 Å². The van der Waals surface area contributed by atoms with Crippen LogP contribution in [0.3, 0.4) is 0 Å². The first kappa shape index (κ1) is 16.7. The molecule has 27 heavy (non-hydrogen) atoms. The van der Waals surface area contributed by atoms with Gasteiger partial charge in [0.05, 0.1) is 12.0 Å². The number of amides is 1. The molecule has 4 fully saturated rings. The first-order valence-corrected chi connectivity index (χ1v) is 9.59. The third-order valence-corrected chi connectivity index (χ3v) is 6.72. The number of rotatable bonds is 4. The number of benzene rings is 1. The lowest BCUT2D eigenvalue weighted by molar-refractivity contribution is -0.130. The van der Waals surface area contributed by atoms with E-state index in [1.807, 2.05) is 11.0 Å². The Morgan fingerprint density at radius 1 is 1.30 bits per heavy atom. The van der Waals surface area contributed by atoms with E-state index in [4.69, 9.17) is 0 Å². The van der Waals surface area contributed by atoms with Gasteiger partial charge in [-0.3, -0.25) is 4.79 Å². The van der Waals surface area contributed by atoms with Crippen LogP contribution in [-0.4, -0.2) is 31.3 Å². The van der Waals surface area contributed by atoms with E-state index in [0.29, 0.717) is 17.4 Å². The lowest BCUT2D eigenvalue weighted by atomic mass is 9.50. The number of nitrogens with zero attached hydrogens (tertiary/aromatic N) is 3. The van der Waals surface area contributed by atoms with Crippen molar-refractivity contribution in [1.82, 2.24) is 20.1 Å². The molecule has 1 heterocycles. The average Bonchev–Trinajstić information content (AvgIpc) is 3.12. The van der Waals surface area contributed by atoms with Gasteiger partial charge in [-0.1, -0.05) is 6.07 Å². The van der Waals surface area contributed by atoms with Crippen LogP contribution < -0.4 is 5.32 Å². The highest BCUT2D eigenvalue weighted by Crippen LogP contribution is 2.60. The van der Waals surface area contributed by atoms with Crippen molar-refractivity contribution < 1.29 is 14.3 Å². The van der Waals surface area contributed by atoms with Crippen LogP contribution >= 0.6 is 0 Å². The molecule has 0 aliphatic heterocycles. The number of carbonyl (C=O) groups excluding carboxylic acids is 1. The molecule has 4 saturated carbocycles. The summed E-state index contributed by atoms with van der Waals surface area (Å²) in [6.07, 6.45) is 9.85. The van der Waals surface area contributed by atoms with E-state index in [-0.39, 0.29) is 23.4 Å². The molecule has 2 atom stereocenters. The minimum atomic E-state index is -0.694. The molecule has 2 unspecified atom stereocenters. The number of aromatic nitrogens is 3. The van der Waals surface area contributed by atoms with E-state index >= 15 is 0 Å². The molecule has 4 bridgehead atoms. The van der Waals surface area contributed by atoms with Gasteiger partial charge in [0.1, 0.15) is 12.7 Å². The van der Waals surface area contributed by atoms with Crippen molar-refractivity contribution in [2.24, 2.45) is 11.8 Å². The van der Waals surface area contributed by atoms with E-state index in [1.165, 1.54) is 18.6 Å². The fraction of sp³-hybridized carbons (Fsp3) is 0.550. The second-order valence-corrected chi connectivity index (χ2v) is 8.82. The van der Waals surface area contributed by atoms with Crippen LogP contribution in [0.2, 0.25) is 0 Å².